The number of β-amino-alcohol motifs (C(OH)–C–C–N with tert-alkyl or cyclic N) is 1. The van der Waals surface area contributed by atoms with Crippen LogP contribution in [0.1, 0.15) is 16.8 Å². The van der Waals surface area contributed by atoms with Crippen LogP contribution in [0.4, 0.5) is 0 Å². The number of amides is 1. The van der Waals surface area contributed by atoms with Gasteiger partial charge in [-0.2, -0.15) is 0 Å². The van der Waals surface area contributed by atoms with Crippen molar-refractivity contribution in [1.29, 1.82) is 0 Å². The Hall–Kier alpha value is -1.30. The second kappa shape index (κ2) is 5.99. The molecule has 1 saturated heterocycles. The van der Waals surface area contributed by atoms with E-state index in [0.717, 1.165) is 0 Å². The summed E-state index contributed by atoms with van der Waals surface area (Å²) >= 11 is 5.84. The Kier molecular flexibility index (Phi) is 4.52. The van der Waals surface area contributed by atoms with E-state index < -0.39 is 6.10 Å². The largest absolute Gasteiger partial charge is 0.506 e. The number of phenols is 1. The first-order valence-corrected chi connectivity index (χ1v) is 6.88. The molecule has 1 heterocycles. The van der Waals surface area contributed by atoms with Crippen LogP contribution in [0, 0.1) is 0 Å². The van der Waals surface area contributed by atoms with Gasteiger partial charge in [-0.3, -0.25) is 4.79 Å². The minimum absolute atomic E-state index is 0.0138. The van der Waals surface area contributed by atoms with E-state index in [2.05, 4.69) is 0 Å². The maximum absolute atomic E-state index is 12.5. The molecule has 0 radical (unpaired) electrons. The number of aliphatic hydroxyl groups is 1. The summed E-state index contributed by atoms with van der Waals surface area (Å²) in [4.78, 5) is 16.2. The molecule has 0 spiro atoms. The Bertz CT molecular complexity index is 507. The van der Waals surface area contributed by atoms with Crippen LogP contribution in [0.2, 0.25) is 5.02 Å². The van der Waals surface area contributed by atoms with Gasteiger partial charge in [0, 0.05) is 24.7 Å². The Balaban J connectivity index is 2.19. The van der Waals surface area contributed by atoms with Crippen molar-refractivity contribution in [1.82, 2.24) is 9.80 Å². The van der Waals surface area contributed by atoms with Crippen LogP contribution in [0.5, 0.6) is 5.75 Å². The summed E-state index contributed by atoms with van der Waals surface area (Å²) in [6.45, 7) is 1.03. The van der Waals surface area contributed by atoms with Gasteiger partial charge in [-0.15, -0.1) is 0 Å². The van der Waals surface area contributed by atoms with Gasteiger partial charge in [-0.1, -0.05) is 11.6 Å². The Morgan fingerprint density at radius 1 is 1.50 bits per heavy atom. The van der Waals surface area contributed by atoms with Crippen molar-refractivity contribution in [3.8, 4) is 5.75 Å². The molecule has 110 valence electrons. The number of hydrogen-bond acceptors (Lipinski definition) is 4. The van der Waals surface area contributed by atoms with Crippen LogP contribution in [0.3, 0.4) is 0 Å². The molecule has 1 aliphatic rings. The van der Waals surface area contributed by atoms with E-state index in [0.29, 0.717) is 25.1 Å². The average molecular weight is 299 g/mol. The number of phenolic OH excluding ortho intramolecular Hbond substituents is 1. The molecule has 1 aliphatic heterocycles. The molecule has 0 saturated carbocycles. The summed E-state index contributed by atoms with van der Waals surface area (Å²) < 4.78 is 0. The third kappa shape index (κ3) is 3.23. The predicted molar refractivity (Wildman–Crippen MR) is 77.1 cm³/mol. The fourth-order valence-electron chi connectivity index (χ4n) is 2.54. The molecule has 1 aromatic rings. The van der Waals surface area contributed by atoms with E-state index in [1.807, 2.05) is 19.0 Å². The molecule has 2 N–H and O–H groups in total. The topological polar surface area (TPSA) is 64.0 Å². The fourth-order valence-corrected chi connectivity index (χ4v) is 2.72. The van der Waals surface area contributed by atoms with E-state index in [-0.39, 0.29) is 22.7 Å². The lowest BCUT2D eigenvalue weighted by Gasteiger charge is -2.27. The molecule has 2 atom stereocenters. The number of nitrogens with zero attached hydrogens (tertiary/aromatic N) is 2. The number of likely N-dealkylation sites (tertiary alicyclic amines) is 1. The smallest absolute Gasteiger partial charge is 0.254 e. The van der Waals surface area contributed by atoms with E-state index in [1.165, 1.54) is 12.1 Å². The Labute approximate surface area is 123 Å². The van der Waals surface area contributed by atoms with Crippen LogP contribution >= 0.6 is 11.6 Å². The number of halogens is 1. The molecule has 1 aromatic carbocycles. The number of hydrogen-bond donors (Lipinski definition) is 2. The second-order valence-electron chi connectivity index (χ2n) is 5.43. The number of aromatic hydroxyl groups is 1. The fraction of sp³-hybridized carbons (Fsp3) is 0.500. The standard InChI is InChI=1S/C14H19ClN2O3/c1-16(2)7-10-6-11(18)8-17(10)14(20)9-3-4-13(19)12(15)5-9/h3-5,10-11,18-19H,6-8H2,1-2H3. The summed E-state index contributed by atoms with van der Waals surface area (Å²) in [6.07, 6.45) is 0.0897. The first-order valence-electron chi connectivity index (χ1n) is 6.50. The predicted octanol–water partition coefficient (Wildman–Crippen LogP) is 1.18. The van der Waals surface area contributed by atoms with Crippen LogP contribution in [0.15, 0.2) is 18.2 Å². The van der Waals surface area contributed by atoms with Gasteiger partial charge < -0.3 is 20.0 Å². The summed E-state index contributed by atoms with van der Waals surface area (Å²) in [5, 5.41) is 19.4. The van der Waals surface area contributed by atoms with Gasteiger partial charge in [0.1, 0.15) is 5.75 Å². The molecule has 0 aliphatic carbocycles. The zero-order chi connectivity index (χ0) is 14.9. The SMILES string of the molecule is CN(C)CC1CC(O)CN1C(=O)c1ccc(O)c(Cl)c1. The highest BCUT2D eigenvalue weighted by Gasteiger charge is 2.34. The van der Waals surface area contributed by atoms with E-state index in [9.17, 15) is 15.0 Å². The lowest BCUT2D eigenvalue weighted by molar-refractivity contribution is 0.0699. The Morgan fingerprint density at radius 3 is 2.80 bits per heavy atom. The van der Waals surface area contributed by atoms with Crippen molar-refractivity contribution >= 4 is 17.5 Å². The molecule has 5 nitrogen and oxygen atoms in total. The highest BCUT2D eigenvalue weighted by Crippen LogP contribution is 2.26. The summed E-state index contributed by atoms with van der Waals surface area (Å²) in [5.74, 6) is -0.218. The van der Waals surface area contributed by atoms with Crippen LogP contribution in [-0.4, -0.2) is 65.3 Å². The second-order valence-corrected chi connectivity index (χ2v) is 5.84. The Morgan fingerprint density at radius 2 is 2.20 bits per heavy atom. The summed E-state index contributed by atoms with van der Waals surface area (Å²) in [5.41, 5.74) is 0.422. The van der Waals surface area contributed by atoms with Gasteiger partial charge in [0.25, 0.3) is 5.91 Å². The zero-order valence-corrected chi connectivity index (χ0v) is 12.3. The number of likely N-dealkylation sites (N-methyl/N-ethyl adjacent to an activating group) is 1. The molecule has 1 amide bonds. The quantitative estimate of drug-likeness (QED) is 0.880. The van der Waals surface area contributed by atoms with Gasteiger partial charge in [0.05, 0.1) is 11.1 Å². The van der Waals surface area contributed by atoms with Crippen LogP contribution < -0.4 is 0 Å². The molecule has 1 fully saturated rings. The van der Waals surface area contributed by atoms with Crippen molar-refractivity contribution in [2.75, 3.05) is 27.2 Å². The van der Waals surface area contributed by atoms with Crippen molar-refractivity contribution < 1.29 is 15.0 Å². The van der Waals surface area contributed by atoms with Gasteiger partial charge in [-0.25, -0.2) is 0 Å². The van der Waals surface area contributed by atoms with Crippen molar-refractivity contribution in [3.05, 3.63) is 28.8 Å². The molecule has 6 heteroatoms. The number of benzene rings is 1. The van der Waals surface area contributed by atoms with Crippen molar-refractivity contribution in [2.45, 2.75) is 18.6 Å². The monoisotopic (exact) mass is 298 g/mol. The lowest BCUT2D eigenvalue weighted by Crippen LogP contribution is -2.41. The lowest BCUT2D eigenvalue weighted by atomic mass is 10.1. The van der Waals surface area contributed by atoms with E-state index in [4.69, 9.17) is 11.6 Å². The summed E-state index contributed by atoms with van der Waals surface area (Å²) in [7, 11) is 3.87. The summed E-state index contributed by atoms with van der Waals surface area (Å²) in [6, 6.07) is 4.39. The normalized spacial score (nSPS) is 22.6. The van der Waals surface area contributed by atoms with Crippen molar-refractivity contribution in [2.24, 2.45) is 0 Å². The average Bonchev–Trinajstić information content (AvgIpc) is 2.72. The first kappa shape index (κ1) is 15.1. The maximum Gasteiger partial charge on any atom is 0.254 e. The maximum atomic E-state index is 12.5. The van der Waals surface area contributed by atoms with E-state index >= 15 is 0 Å². The van der Waals surface area contributed by atoms with Crippen LogP contribution in [0.25, 0.3) is 0 Å². The number of rotatable bonds is 3. The van der Waals surface area contributed by atoms with Gasteiger partial charge in [0.15, 0.2) is 0 Å². The van der Waals surface area contributed by atoms with Gasteiger partial charge >= 0.3 is 0 Å². The van der Waals surface area contributed by atoms with Gasteiger partial charge in [-0.05, 0) is 38.7 Å². The number of carbonyl (C=O) groups is 1. The van der Waals surface area contributed by atoms with Crippen LogP contribution in [-0.2, 0) is 0 Å². The molecular formula is C14H19ClN2O3. The third-order valence-electron chi connectivity index (χ3n) is 3.42. The molecule has 0 bridgehead atoms. The van der Waals surface area contributed by atoms with Gasteiger partial charge in [0.2, 0.25) is 0 Å². The highest BCUT2D eigenvalue weighted by molar-refractivity contribution is 6.32. The minimum Gasteiger partial charge on any atom is -0.506 e. The zero-order valence-electron chi connectivity index (χ0n) is 11.6. The van der Waals surface area contributed by atoms with Crippen molar-refractivity contribution in [3.63, 3.8) is 0 Å². The van der Waals surface area contributed by atoms with E-state index in [1.54, 1.807) is 11.0 Å². The molecule has 20 heavy (non-hydrogen) atoms. The number of aliphatic hydroxyl groups excluding tert-OH is 1. The number of carbonyl (C=O) groups excluding carboxylic acids is 1. The first-order chi connectivity index (χ1) is 9.38. The molecular weight excluding hydrogens is 280 g/mol. The highest BCUT2D eigenvalue weighted by atomic mass is 35.5. The molecule has 0 aromatic heterocycles. The molecule has 2 rings (SSSR count). The third-order valence-corrected chi connectivity index (χ3v) is 3.73. The minimum atomic E-state index is -0.489. The molecule has 2 unspecified atom stereocenters.